The lowest BCUT2D eigenvalue weighted by molar-refractivity contribution is -0.157. The van der Waals surface area contributed by atoms with E-state index in [-0.39, 0.29) is 177 Å². The van der Waals surface area contributed by atoms with Crippen LogP contribution in [0.2, 0.25) is 0 Å². The van der Waals surface area contributed by atoms with Crippen molar-refractivity contribution in [3.05, 3.63) is 168 Å². The lowest BCUT2D eigenvalue weighted by atomic mass is 9.99. The molecule has 10 rings (SSSR count). The second-order valence-corrected chi connectivity index (χ2v) is 40.1. The number of nitrogens with two attached hydrogens (primary N) is 3. The number of alkyl carbamates (subject to hydrolysis) is 2. The summed E-state index contributed by atoms with van der Waals surface area (Å²) in [6.45, 7) is 35.5. The maximum absolute atomic E-state index is 12.0. The Hall–Kier alpha value is -9.62. The minimum absolute atomic E-state index is 0.0137. The third-order valence-electron chi connectivity index (χ3n) is 20.3. The number of ether oxygens (including phenoxy) is 10. The van der Waals surface area contributed by atoms with Gasteiger partial charge in [-0.1, -0.05) is 146 Å². The van der Waals surface area contributed by atoms with Crippen LogP contribution in [0.4, 0.5) is 9.59 Å². The average molecular weight is 1810 g/mol. The first-order valence-corrected chi connectivity index (χ1v) is 45.0. The lowest BCUT2D eigenvalue weighted by Gasteiger charge is -2.21. The maximum atomic E-state index is 12.0. The number of aliphatic hydroxyl groups is 4. The summed E-state index contributed by atoms with van der Waals surface area (Å²) in [4.78, 5) is 116. The van der Waals surface area contributed by atoms with Crippen molar-refractivity contribution in [1.29, 1.82) is 0 Å². The van der Waals surface area contributed by atoms with Crippen molar-refractivity contribution in [2.75, 3.05) is 0 Å². The molecule has 6 aliphatic rings. The van der Waals surface area contributed by atoms with E-state index in [9.17, 15) is 68.4 Å². The number of allylic oxidation sites excluding steroid dienone is 1. The smallest absolute Gasteiger partial charge is 0.408 e. The highest BCUT2D eigenvalue weighted by atomic mass is 16.6. The van der Waals surface area contributed by atoms with Gasteiger partial charge in [0.05, 0.1) is 62.2 Å². The summed E-state index contributed by atoms with van der Waals surface area (Å²) in [7, 11) is 0. The topological polar surface area (TPSA) is 446 Å². The van der Waals surface area contributed by atoms with Gasteiger partial charge in [0.15, 0.2) is 0 Å². The molecule has 4 saturated carbocycles. The first-order valence-electron chi connectivity index (χ1n) is 45.0. The SMILES string of the molecule is CC(=O)OCc1ccccc1.CC(C)(C)OC(=O)C[C@@H]1C[C@@H](CC(=O)OCc2ccccc2)CC1O.CC(C)(C)OC(=O)C[C@@H]1C[C@@H](N)CC1O.CC(C)(C)OC(=O)C[C@H]1CC(O)[C@H](CC(=O)OCc2ccccc2)C1.CC(C)(C)OC(=O)C[C@H]1CC(O)[C@H](N)C1.CC(C)(C)OC(=O)N[C@H]1C=C[C@H](CC(=O)OCc2ccccc2)C1.CC(C)(C)OC(=O)N[C@H]1C=C[C@H](N)C1. The van der Waals surface area contributed by atoms with Crippen molar-refractivity contribution in [3.8, 4) is 0 Å². The van der Waals surface area contributed by atoms with Crippen LogP contribution in [-0.4, -0.2) is 169 Å². The van der Waals surface area contributed by atoms with E-state index in [1.54, 1.807) is 0 Å². The number of hydrogen-bond acceptors (Lipinski definition) is 27. The van der Waals surface area contributed by atoms with Gasteiger partial charge < -0.3 is 95.6 Å². The Morgan fingerprint density at radius 3 is 0.915 bits per heavy atom. The summed E-state index contributed by atoms with van der Waals surface area (Å²) in [6, 6.07) is 38.0. The van der Waals surface area contributed by atoms with Gasteiger partial charge in [-0.25, -0.2) is 9.59 Å². The summed E-state index contributed by atoms with van der Waals surface area (Å²) in [5.41, 5.74) is 18.0. The summed E-state index contributed by atoms with van der Waals surface area (Å²) in [6.07, 6.45) is 13.0. The zero-order valence-electron chi connectivity index (χ0n) is 79.6. The molecular weight excluding hydrogens is 1660 g/mol. The number of benzene rings is 4. The van der Waals surface area contributed by atoms with Crippen LogP contribution in [0.1, 0.15) is 263 Å². The van der Waals surface area contributed by atoms with Gasteiger partial charge in [0, 0.05) is 44.3 Å². The van der Waals surface area contributed by atoms with Crippen LogP contribution in [0, 0.1) is 41.4 Å². The first kappa shape index (κ1) is 112. The molecule has 0 aromatic heterocycles. The minimum atomic E-state index is -0.572. The molecule has 12 N–H and O–H groups in total. The molecule has 129 heavy (non-hydrogen) atoms. The molecule has 29 nitrogen and oxygen atoms in total. The monoisotopic (exact) mass is 1810 g/mol. The van der Waals surface area contributed by atoms with E-state index in [1.807, 2.05) is 270 Å². The molecule has 0 spiro atoms. The molecule has 0 radical (unpaired) electrons. The molecule has 0 aliphatic heterocycles. The molecular formula is C100H151N5O24. The third kappa shape index (κ3) is 52.7. The molecule has 4 fully saturated rings. The predicted octanol–water partition coefficient (Wildman–Crippen LogP) is 14.6. The van der Waals surface area contributed by atoms with E-state index >= 15 is 0 Å². The van der Waals surface area contributed by atoms with Gasteiger partial charge in [0.25, 0.3) is 0 Å². The Morgan fingerprint density at radius 1 is 0.310 bits per heavy atom. The van der Waals surface area contributed by atoms with Gasteiger partial charge in [-0.05, 0) is 253 Å². The number of carbonyl (C=O) groups excluding carboxylic acids is 10. The van der Waals surface area contributed by atoms with Crippen LogP contribution in [0.3, 0.4) is 0 Å². The number of esters is 8. The molecule has 4 aromatic rings. The number of rotatable bonds is 24. The van der Waals surface area contributed by atoms with E-state index in [2.05, 4.69) is 10.6 Å². The summed E-state index contributed by atoms with van der Waals surface area (Å²) in [5.74, 6) is -2.05. The molecule has 29 heteroatoms. The van der Waals surface area contributed by atoms with Crippen LogP contribution in [0.15, 0.2) is 146 Å². The largest absolute Gasteiger partial charge is 0.461 e. The van der Waals surface area contributed by atoms with Crippen molar-refractivity contribution in [2.45, 2.75) is 355 Å². The standard InChI is InChI=1S/2C20H28O5.C19H25NO4.2C11H21NO3.C10H18N2O2.C9H10O2/c1-20(2,3)25-19(23)11-15-9-16(17(21)10-15)12-18(22)24-13-14-7-5-4-6-8-14;1-20(2,3)25-19(23)12-16-9-15(10-17(16)21)11-18(22)24-13-14-7-5-4-6-8-14;1-19(2,3)24-18(22)20-16-10-9-15(11-16)12-17(21)23-13-14-7-5-4-6-8-14;1-11(2,3)15-10(14)5-7-4-8(12)6-9(7)13;1-11(2,3)15-10(14)6-7-4-8(12)9(13)5-7;1-10(2,3)14-9(13)12-8-5-4-7(11)6-8;1-8(10)11-7-9-5-3-2-4-6-9/h2*4-8,15-17,21H,9-13H2,1-3H3;4-10,15-16H,11-13H2,1-3H3,(H,20,22);2*7-9,13H,4-6,12H2,1-3H3;4-5,7-8H,6,11H2,1-3H3,(H,12,13);2-6H,7H2,1H3/t2*15-,16+,17?;15-,16-;7-,8+,9?;7-,8-,9?;7-,8-;/m110010./s1. The van der Waals surface area contributed by atoms with Gasteiger partial charge in [-0.3, -0.25) is 38.4 Å². The zero-order chi connectivity index (χ0) is 96.6. The van der Waals surface area contributed by atoms with Gasteiger partial charge in [-0.2, -0.15) is 0 Å². The quantitative estimate of drug-likeness (QED) is 0.0179. The van der Waals surface area contributed by atoms with Crippen LogP contribution < -0.4 is 27.8 Å². The van der Waals surface area contributed by atoms with Gasteiger partial charge in [-0.15, -0.1) is 0 Å². The lowest BCUT2D eigenvalue weighted by Crippen LogP contribution is -2.38. The van der Waals surface area contributed by atoms with Gasteiger partial charge in [0.2, 0.25) is 0 Å². The highest BCUT2D eigenvalue weighted by molar-refractivity contribution is 5.74. The summed E-state index contributed by atoms with van der Waals surface area (Å²) >= 11 is 0. The Labute approximate surface area is 764 Å². The Bertz CT molecular complexity index is 4100. The van der Waals surface area contributed by atoms with Crippen LogP contribution in [0.5, 0.6) is 0 Å². The van der Waals surface area contributed by atoms with Crippen molar-refractivity contribution < 1.29 is 116 Å². The molecule has 4 aromatic carbocycles. The molecule has 0 bridgehead atoms. The molecule has 0 heterocycles. The Kier molecular flexibility index (Phi) is 47.0. The summed E-state index contributed by atoms with van der Waals surface area (Å²) < 4.78 is 52.0. The second-order valence-electron chi connectivity index (χ2n) is 40.1. The molecule has 2 amide bonds. The van der Waals surface area contributed by atoms with Crippen molar-refractivity contribution in [3.63, 3.8) is 0 Å². The molecule has 0 saturated heterocycles. The van der Waals surface area contributed by atoms with E-state index in [1.165, 1.54) is 6.92 Å². The molecule has 6 aliphatic carbocycles. The number of amides is 2. The van der Waals surface area contributed by atoms with Crippen molar-refractivity contribution >= 4 is 59.9 Å². The average Bonchev–Trinajstić information content (AvgIpc) is 1.71. The highest BCUT2D eigenvalue weighted by Gasteiger charge is 2.40. The maximum Gasteiger partial charge on any atom is 0.408 e. The van der Waals surface area contributed by atoms with E-state index < -0.39 is 64.1 Å². The van der Waals surface area contributed by atoms with Gasteiger partial charge >= 0.3 is 59.9 Å². The van der Waals surface area contributed by atoms with Crippen molar-refractivity contribution in [1.82, 2.24) is 10.6 Å². The summed E-state index contributed by atoms with van der Waals surface area (Å²) in [5, 5.41) is 44.9. The number of carbonyl (C=O) groups is 10. The fraction of sp³-hybridized carbons (Fsp3) is 0.620. The zero-order valence-corrected chi connectivity index (χ0v) is 79.6. The van der Waals surface area contributed by atoms with Crippen molar-refractivity contribution in [2.24, 2.45) is 58.6 Å². The fourth-order valence-electron chi connectivity index (χ4n) is 14.9. The highest BCUT2D eigenvalue weighted by Crippen LogP contribution is 2.39. The van der Waals surface area contributed by atoms with E-state index in [4.69, 9.17) is 64.6 Å². The molecule has 720 valence electrons. The number of hydrogen-bond donors (Lipinski definition) is 9. The van der Waals surface area contributed by atoms with Gasteiger partial charge in [0.1, 0.15) is 60.0 Å². The normalized spacial score (nSPS) is 23.7. The number of aliphatic hydroxyl groups excluding tert-OH is 4. The second kappa shape index (κ2) is 54.3. The van der Waals surface area contributed by atoms with Crippen LogP contribution in [0.25, 0.3) is 0 Å². The Morgan fingerprint density at radius 2 is 0.597 bits per heavy atom. The predicted molar refractivity (Wildman–Crippen MR) is 489 cm³/mol. The molecule has 4 unspecified atom stereocenters. The minimum Gasteiger partial charge on any atom is -0.461 e. The van der Waals surface area contributed by atoms with Crippen LogP contribution >= 0.6 is 0 Å². The first-order chi connectivity index (χ1) is 60.0. The Balaban J connectivity index is 0.000000321. The van der Waals surface area contributed by atoms with Crippen LogP contribution in [-0.2, 0) is 112 Å². The van der Waals surface area contributed by atoms with E-state index in [0.717, 1.165) is 28.7 Å². The van der Waals surface area contributed by atoms with E-state index in [0.29, 0.717) is 77.2 Å². The third-order valence-corrected chi connectivity index (χ3v) is 20.3. The fourth-order valence-corrected chi connectivity index (χ4v) is 14.9. The number of nitrogens with one attached hydrogen (secondary N) is 2. The molecule has 16 atom stereocenters.